The first-order valence-electron chi connectivity index (χ1n) is 8.24. The lowest BCUT2D eigenvalue weighted by Crippen LogP contribution is -2.42. The van der Waals surface area contributed by atoms with Gasteiger partial charge < -0.3 is 20.1 Å². The molecule has 6 heteroatoms. The SMILES string of the molecule is COc1cc(CCC(=O)NCC2(C)CCNCC2)cc(OC)c1.Cl. The molecule has 1 aliphatic rings. The molecule has 1 fully saturated rings. The first kappa shape index (κ1) is 20.6. The van der Waals surface area contributed by atoms with Crippen molar-refractivity contribution < 1.29 is 14.3 Å². The van der Waals surface area contributed by atoms with Gasteiger partial charge in [-0.15, -0.1) is 12.4 Å². The smallest absolute Gasteiger partial charge is 0.220 e. The second-order valence-corrected chi connectivity index (χ2v) is 6.56. The molecule has 0 radical (unpaired) electrons. The Morgan fingerprint density at radius 2 is 1.75 bits per heavy atom. The number of carbonyl (C=O) groups excluding carboxylic acids is 1. The van der Waals surface area contributed by atoms with Gasteiger partial charge in [0.25, 0.3) is 0 Å². The van der Waals surface area contributed by atoms with Crippen molar-refractivity contribution in [1.29, 1.82) is 0 Å². The predicted molar refractivity (Wildman–Crippen MR) is 98.3 cm³/mol. The molecule has 1 saturated heterocycles. The van der Waals surface area contributed by atoms with Gasteiger partial charge in [0.1, 0.15) is 11.5 Å². The number of halogens is 1. The minimum absolute atomic E-state index is 0. The van der Waals surface area contributed by atoms with E-state index in [1.807, 2.05) is 18.2 Å². The maximum atomic E-state index is 12.1. The molecule has 1 amide bonds. The monoisotopic (exact) mass is 356 g/mol. The topological polar surface area (TPSA) is 59.6 Å². The van der Waals surface area contributed by atoms with Gasteiger partial charge >= 0.3 is 0 Å². The average Bonchev–Trinajstić information content (AvgIpc) is 2.58. The van der Waals surface area contributed by atoms with Crippen LogP contribution >= 0.6 is 12.4 Å². The Balaban J connectivity index is 0.00000288. The summed E-state index contributed by atoms with van der Waals surface area (Å²) >= 11 is 0. The Morgan fingerprint density at radius 3 is 2.29 bits per heavy atom. The molecule has 0 bridgehead atoms. The molecule has 1 aromatic rings. The largest absolute Gasteiger partial charge is 0.497 e. The number of benzene rings is 1. The fraction of sp³-hybridized carbons (Fsp3) is 0.611. The van der Waals surface area contributed by atoms with Gasteiger partial charge in [0.15, 0.2) is 0 Å². The molecule has 2 N–H and O–H groups in total. The van der Waals surface area contributed by atoms with Crippen molar-refractivity contribution in [3.05, 3.63) is 23.8 Å². The number of methoxy groups -OCH3 is 2. The number of hydrogen-bond acceptors (Lipinski definition) is 4. The molecule has 0 atom stereocenters. The molecule has 0 unspecified atom stereocenters. The van der Waals surface area contributed by atoms with Crippen LogP contribution in [0, 0.1) is 5.41 Å². The third-order valence-electron chi connectivity index (χ3n) is 4.57. The number of rotatable bonds is 7. The van der Waals surface area contributed by atoms with E-state index in [1.165, 1.54) is 0 Å². The van der Waals surface area contributed by atoms with Crippen molar-refractivity contribution in [2.75, 3.05) is 33.9 Å². The van der Waals surface area contributed by atoms with Gasteiger partial charge in [-0.1, -0.05) is 6.92 Å². The van der Waals surface area contributed by atoms with E-state index in [0.717, 1.165) is 49.5 Å². The van der Waals surface area contributed by atoms with E-state index in [1.54, 1.807) is 14.2 Å². The summed E-state index contributed by atoms with van der Waals surface area (Å²) in [5.41, 5.74) is 1.27. The van der Waals surface area contributed by atoms with Crippen molar-refractivity contribution in [2.24, 2.45) is 5.41 Å². The first-order chi connectivity index (χ1) is 11.0. The van der Waals surface area contributed by atoms with Crippen LogP contribution in [0.15, 0.2) is 18.2 Å². The summed E-state index contributed by atoms with van der Waals surface area (Å²) in [6.07, 6.45) is 3.38. The zero-order chi connectivity index (χ0) is 16.7. The molecular formula is C18H29ClN2O3. The Labute approximate surface area is 150 Å². The van der Waals surface area contributed by atoms with Crippen LogP contribution in [-0.2, 0) is 11.2 Å². The molecule has 0 aliphatic carbocycles. The summed E-state index contributed by atoms with van der Waals surface area (Å²) in [5.74, 6) is 1.61. The van der Waals surface area contributed by atoms with Crippen molar-refractivity contribution >= 4 is 18.3 Å². The van der Waals surface area contributed by atoms with Crippen LogP contribution in [0.25, 0.3) is 0 Å². The maximum Gasteiger partial charge on any atom is 0.220 e. The molecule has 1 aliphatic heterocycles. The predicted octanol–water partition coefficient (Wildman–Crippen LogP) is 2.56. The Morgan fingerprint density at radius 1 is 1.17 bits per heavy atom. The van der Waals surface area contributed by atoms with E-state index in [9.17, 15) is 4.79 Å². The zero-order valence-corrected chi connectivity index (χ0v) is 15.6. The second kappa shape index (κ2) is 9.74. The fourth-order valence-electron chi connectivity index (χ4n) is 2.88. The van der Waals surface area contributed by atoms with Crippen LogP contribution in [0.5, 0.6) is 11.5 Å². The van der Waals surface area contributed by atoms with E-state index in [0.29, 0.717) is 12.8 Å². The van der Waals surface area contributed by atoms with Gasteiger partial charge in [-0.05, 0) is 55.5 Å². The summed E-state index contributed by atoms with van der Waals surface area (Å²) < 4.78 is 10.5. The van der Waals surface area contributed by atoms with E-state index >= 15 is 0 Å². The zero-order valence-electron chi connectivity index (χ0n) is 14.8. The minimum atomic E-state index is 0. The van der Waals surface area contributed by atoms with Gasteiger partial charge in [-0.25, -0.2) is 0 Å². The number of aryl methyl sites for hydroxylation is 1. The normalized spacial score (nSPS) is 16.0. The Kier molecular flexibility index (Phi) is 8.36. The van der Waals surface area contributed by atoms with Gasteiger partial charge in [-0.3, -0.25) is 4.79 Å². The van der Waals surface area contributed by atoms with Crippen molar-refractivity contribution in [1.82, 2.24) is 10.6 Å². The molecule has 2 rings (SSSR count). The highest BCUT2D eigenvalue weighted by Crippen LogP contribution is 2.27. The van der Waals surface area contributed by atoms with Gasteiger partial charge in [0.05, 0.1) is 14.2 Å². The molecule has 136 valence electrons. The number of piperidine rings is 1. The third kappa shape index (κ3) is 6.21. The Hall–Kier alpha value is -1.46. The number of carbonyl (C=O) groups is 1. The highest BCUT2D eigenvalue weighted by molar-refractivity contribution is 5.85. The molecule has 1 aromatic carbocycles. The van der Waals surface area contributed by atoms with E-state index in [4.69, 9.17) is 9.47 Å². The van der Waals surface area contributed by atoms with Crippen LogP contribution < -0.4 is 20.1 Å². The van der Waals surface area contributed by atoms with Crippen LogP contribution in [-0.4, -0.2) is 39.8 Å². The second-order valence-electron chi connectivity index (χ2n) is 6.56. The van der Waals surface area contributed by atoms with Crippen LogP contribution in [0.1, 0.15) is 31.7 Å². The lowest BCUT2D eigenvalue weighted by atomic mass is 9.81. The van der Waals surface area contributed by atoms with E-state index in [-0.39, 0.29) is 23.7 Å². The standard InChI is InChI=1S/C18H28N2O3.ClH/c1-18(6-8-19-9-7-18)13-20-17(21)5-4-14-10-15(22-2)12-16(11-14)23-3;/h10-12,19H,4-9,13H2,1-3H3,(H,20,21);1H. The van der Waals surface area contributed by atoms with Gasteiger partial charge in [0.2, 0.25) is 5.91 Å². The Bertz CT molecular complexity index is 509. The molecule has 0 saturated carbocycles. The van der Waals surface area contributed by atoms with Gasteiger partial charge in [-0.2, -0.15) is 0 Å². The summed E-state index contributed by atoms with van der Waals surface area (Å²) in [6, 6.07) is 5.73. The first-order valence-corrected chi connectivity index (χ1v) is 8.24. The lowest BCUT2D eigenvalue weighted by Gasteiger charge is -2.34. The van der Waals surface area contributed by atoms with Crippen molar-refractivity contribution in [3.8, 4) is 11.5 Å². The lowest BCUT2D eigenvalue weighted by molar-refractivity contribution is -0.121. The maximum absolute atomic E-state index is 12.1. The van der Waals surface area contributed by atoms with E-state index in [2.05, 4.69) is 17.6 Å². The molecule has 0 spiro atoms. The highest BCUT2D eigenvalue weighted by atomic mass is 35.5. The molecular weight excluding hydrogens is 328 g/mol. The van der Waals surface area contributed by atoms with Crippen LogP contribution in [0.3, 0.4) is 0 Å². The third-order valence-corrected chi connectivity index (χ3v) is 4.57. The highest BCUT2D eigenvalue weighted by Gasteiger charge is 2.26. The summed E-state index contributed by atoms with van der Waals surface area (Å²) in [7, 11) is 3.26. The quantitative estimate of drug-likeness (QED) is 0.788. The molecule has 1 heterocycles. The summed E-state index contributed by atoms with van der Waals surface area (Å²) in [4.78, 5) is 12.1. The van der Waals surface area contributed by atoms with Crippen molar-refractivity contribution in [2.45, 2.75) is 32.6 Å². The average molecular weight is 357 g/mol. The van der Waals surface area contributed by atoms with E-state index < -0.39 is 0 Å². The van der Waals surface area contributed by atoms with Crippen LogP contribution in [0.2, 0.25) is 0 Å². The van der Waals surface area contributed by atoms with Gasteiger partial charge in [0, 0.05) is 19.0 Å². The minimum Gasteiger partial charge on any atom is -0.497 e. The van der Waals surface area contributed by atoms with Crippen LogP contribution in [0.4, 0.5) is 0 Å². The fourth-order valence-corrected chi connectivity index (χ4v) is 2.88. The number of amides is 1. The number of ether oxygens (including phenoxy) is 2. The summed E-state index contributed by atoms with van der Waals surface area (Å²) in [6.45, 7) is 5.09. The summed E-state index contributed by atoms with van der Waals surface area (Å²) in [5, 5.41) is 6.45. The number of nitrogens with one attached hydrogen (secondary N) is 2. The number of hydrogen-bond donors (Lipinski definition) is 2. The molecule has 24 heavy (non-hydrogen) atoms. The van der Waals surface area contributed by atoms with Crippen molar-refractivity contribution in [3.63, 3.8) is 0 Å². The molecule has 5 nitrogen and oxygen atoms in total. The molecule has 0 aromatic heterocycles.